The van der Waals surface area contributed by atoms with E-state index >= 15 is 0 Å². The fraction of sp³-hybridized carbons (Fsp3) is 0.600. The summed E-state index contributed by atoms with van der Waals surface area (Å²) in [5.41, 5.74) is 4.17. The number of phenolic OH excluding ortho intramolecular Hbond substituents is 1. The number of allylic oxidation sites excluding steroid dienone is 2. The summed E-state index contributed by atoms with van der Waals surface area (Å²) in [5, 5.41) is 20.3. The molecule has 22 heavy (non-hydrogen) atoms. The van der Waals surface area contributed by atoms with Gasteiger partial charge in [-0.3, -0.25) is 0 Å². The van der Waals surface area contributed by atoms with E-state index in [0.717, 1.165) is 19.3 Å². The van der Waals surface area contributed by atoms with E-state index in [0.29, 0.717) is 23.5 Å². The summed E-state index contributed by atoms with van der Waals surface area (Å²) >= 11 is 0. The lowest BCUT2D eigenvalue weighted by Crippen LogP contribution is -2.43. The van der Waals surface area contributed by atoms with Crippen molar-refractivity contribution in [2.45, 2.75) is 58.0 Å². The lowest BCUT2D eigenvalue weighted by Gasteiger charge is -2.50. The number of fused-ring (bicyclic) bond motifs is 5. The van der Waals surface area contributed by atoms with Gasteiger partial charge in [-0.2, -0.15) is 0 Å². The van der Waals surface area contributed by atoms with Crippen LogP contribution in [-0.2, 0) is 0 Å². The molecule has 2 N–H and O–H groups in total. The third-order valence-electron chi connectivity index (χ3n) is 6.97. The van der Waals surface area contributed by atoms with E-state index in [2.05, 4.69) is 26.0 Å². The standard InChI is InChI=1S/C20H26O2/c1-3-12-10-17-15(14-5-4-13(21)11-16(12)14)8-9-20(2)18(17)6-7-19(20)22/h3-5,11,15,17-19,21-22H,6-10H2,1-2H3/b12-3+/t15-,17-,18+,19+,20+/m1/s1. The summed E-state index contributed by atoms with van der Waals surface area (Å²) in [6.07, 6.45) is 7.64. The van der Waals surface area contributed by atoms with Crippen LogP contribution in [0.5, 0.6) is 5.75 Å². The van der Waals surface area contributed by atoms with E-state index in [9.17, 15) is 10.2 Å². The molecule has 2 fully saturated rings. The number of aliphatic hydroxyl groups is 1. The molecule has 1 aromatic carbocycles. The highest BCUT2D eigenvalue weighted by Crippen LogP contribution is 2.62. The average Bonchev–Trinajstić information content (AvgIpc) is 2.82. The van der Waals surface area contributed by atoms with Crippen molar-refractivity contribution in [2.75, 3.05) is 0 Å². The fourth-order valence-electron chi connectivity index (χ4n) is 5.71. The molecule has 0 aliphatic heterocycles. The van der Waals surface area contributed by atoms with Gasteiger partial charge in [-0.1, -0.05) is 19.1 Å². The quantitative estimate of drug-likeness (QED) is 0.742. The Kier molecular flexibility index (Phi) is 3.16. The molecule has 0 heterocycles. The van der Waals surface area contributed by atoms with Crippen LogP contribution in [0, 0.1) is 17.3 Å². The fourth-order valence-corrected chi connectivity index (χ4v) is 5.71. The molecule has 4 rings (SSSR count). The van der Waals surface area contributed by atoms with Crippen LogP contribution >= 0.6 is 0 Å². The number of aromatic hydroxyl groups is 1. The normalized spacial score (nSPS) is 41.9. The lowest BCUT2D eigenvalue weighted by molar-refractivity contribution is -0.0183. The second-order valence-electron chi connectivity index (χ2n) is 7.80. The van der Waals surface area contributed by atoms with Crippen LogP contribution in [-0.4, -0.2) is 16.3 Å². The SMILES string of the molecule is C/C=C1\C[C@@H]2[C@H](CC[C@]3(C)[C@@H](O)CC[C@@H]23)c2ccc(O)cc21. The van der Waals surface area contributed by atoms with E-state index in [1.54, 1.807) is 0 Å². The van der Waals surface area contributed by atoms with Crippen LogP contribution in [0.4, 0.5) is 0 Å². The zero-order chi connectivity index (χ0) is 15.5. The van der Waals surface area contributed by atoms with Crippen LogP contribution in [0.3, 0.4) is 0 Å². The Morgan fingerprint density at radius 1 is 1.23 bits per heavy atom. The largest absolute Gasteiger partial charge is 0.508 e. The molecule has 0 unspecified atom stereocenters. The smallest absolute Gasteiger partial charge is 0.116 e. The van der Waals surface area contributed by atoms with Gasteiger partial charge >= 0.3 is 0 Å². The molecule has 0 radical (unpaired) electrons. The van der Waals surface area contributed by atoms with Gasteiger partial charge in [-0.15, -0.1) is 0 Å². The molecule has 3 aliphatic carbocycles. The highest BCUT2D eigenvalue weighted by atomic mass is 16.3. The molecule has 1 aromatic rings. The molecule has 0 amide bonds. The molecule has 118 valence electrons. The third-order valence-corrected chi connectivity index (χ3v) is 6.97. The maximum Gasteiger partial charge on any atom is 0.116 e. The van der Waals surface area contributed by atoms with Crippen molar-refractivity contribution in [3.8, 4) is 5.75 Å². The van der Waals surface area contributed by atoms with Crippen molar-refractivity contribution in [1.29, 1.82) is 0 Å². The molecule has 2 saturated carbocycles. The molecule has 0 spiro atoms. The Balaban J connectivity index is 1.79. The van der Waals surface area contributed by atoms with Crippen LogP contribution in [0.1, 0.15) is 63.0 Å². The van der Waals surface area contributed by atoms with Crippen molar-refractivity contribution in [1.82, 2.24) is 0 Å². The van der Waals surface area contributed by atoms with Crippen molar-refractivity contribution in [3.63, 3.8) is 0 Å². The van der Waals surface area contributed by atoms with Crippen molar-refractivity contribution >= 4 is 5.57 Å². The number of rotatable bonds is 0. The Hall–Kier alpha value is -1.28. The van der Waals surface area contributed by atoms with E-state index in [1.807, 2.05) is 12.1 Å². The minimum absolute atomic E-state index is 0.117. The molecule has 3 aliphatic rings. The third kappa shape index (κ3) is 1.83. The van der Waals surface area contributed by atoms with Gasteiger partial charge in [0.1, 0.15) is 5.75 Å². The van der Waals surface area contributed by atoms with Gasteiger partial charge in [-0.25, -0.2) is 0 Å². The number of aliphatic hydroxyl groups excluding tert-OH is 1. The van der Waals surface area contributed by atoms with Gasteiger partial charge in [0.15, 0.2) is 0 Å². The summed E-state index contributed by atoms with van der Waals surface area (Å²) in [6, 6.07) is 5.92. The first-order valence-corrected chi connectivity index (χ1v) is 8.71. The monoisotopic (exact) mass is 298 g/mol. The van der Waals surface area contributed by atoms with Gasteiger partial charge < -0.3 is 10.2 Å². The molecule has 0 aromatic heterocycles. The minimum Gasteiger partial charge on any atom is -0.508 e. The first-order chi connectivity index (χ1) is 10.5. The second kappa shape index (κ2) is 4.86. The highest BCUT2D eigenvalue weighted by molar-refractivity contribution is 5.72. The van der Waals surface area contributed by atoms with Crippen LogP contribution < -0.4 is 0 Å². The number of hydrogen-bond acceptors (Lipinski definition) is 2. The van der Waals surface area contributed by atoms with Gasteiger partial charge in [0.05, 0.1) is 6.10 Å². The van der Waals surface area contributed by atoms with E-state index < -0.39 is 0 Å². The van der Waals surface area contributed by atoms with Crippen LogP contribution in [0.15, 0.2) is 24.3 Å². The van der Waals surface area contributed by atoms with Crippen LogP contribution in [0.2, 0.25) is 0 Å². The first-order valence-electron chi connectivity index (χ1n) is 8.71. The predicted octanol–water partition coefficient (Wildman–Crippen LogP) is 4.47. The summed E-state index contributed by atoms with van der Waals surface area (Å²) in [5.74, 6) is 2.26. The predicted molar refractivity (Wildman–Crippen MR) is 88.7 cm³/mol. The topological polar surface area (TPSA) is 40.5 Å². The number of hydrogen-bond donors (Lipinski definition) is 2. The molecule has 0 saturated heterocycles. The minimum atomic E-state index is -0.117. The summed E-state index contributed by atoms with van der Waals surface area (Å²) in [4.78, 5) is 0. The maximum absolute atomic E-state index is 10.5. The molecule has 5 atom stereocenters. The van der Waals surface area contributed by atoms with E-state index in [-0.39, 0.29) is 11.5 Å². The Labute approximate surface area is 132 Å². The molecule has 0 bridgehead atoms. The maximum atomic E-state index is 10.5. The highest BCUT2D eigenvalue weighted by Gasteiger charge is 2.54. The Bertz CT molecular complexity index is 633. The van der Waals surface area contributed by atoms with Crippen molar-refractivity contribution in [2.24, 2.45) is 17.3 Å². The first kappa shape index (κ1) is 14.3. The van der Waals surface area contributed by atoms with Gasteiger partial charge in [0.2, 0.25) is 0 Å². The number of phenols is 1. The summed E-state index contributed by atoms with van der Waals surface area (Å²) in [7, 11) is 0. The zero-order valence-corrected chi connectivity index (χ0v) is 13.5. The van der Waals surface area contributed by atoms with E-state index in [1.165, 1.54) is 29.5 Å². The summed E-state index contributed by atoms with van der Waals surface area (Å²) < 4.78 is 0. The number of benzene rings is 1. The van der Waals surface area contributed by atoms with Crippen molar-refractivity contribution < 1.29 is 10.2 Å². The van der Waals surface area contributed by atoms with Crippen molar-refractivity contribution in [3.05, 3.63) is 35.4 Å². The van der Waals surface area contributed by atoms with Gasteiger partial charge in [0, 0.05) is 0 Å². The lowest BCUT2D eigenvalue weighted by atomic mass is 9.55. The Morgan fingerprint density at radius 2 is 2.05 bits per heavy atom. The van der Waals surface area contributed by atoms with Crippen LogP contribution in [0.25, 0.3) is 5.57 Å². The summed E-state index contributed by atoms with van der Waals surface area (Å²) in [6.45, 7) is 4.42. The second-order valence-corrected chi connectivity index (χ2v) is 7.80. The van der Waals surface area contributed by atoms with Gasteiger partial charge in [-0.05, 0) is 91.0 Å². The Morgan fingerprint density at radius 3 is 2.82 bits per heavy atom. The zero-order valence-electron chi connectivity index (χ0n) is 13.5. The molecule has 2 heteroatoms. The van der Waals surface area contributed by atoms with E-state index in [4.69, 9.17) is 0 Å². The molecular weight excluding hydrogens is 272 g/mol. The molecular formula is C20H26O2. The average molecular weight is 298 g/mol. The molecule has 2 nitrogen and oxygen atoms in total. The van der Waals surface area contributed by atoms with Gasteiger partial charge in [0.25, 0.3) is 0 Å².